The second-order valence-corrected chi connectivity index (χ2v) is 5.05. The minimum Gasteiger partial charge on any atom is -0.332 e. The lowest BCUT2D eigenvalue weighted by molar-refractivity contribution is 0.430. The van der Waals surface area contributed by atoms with E-state index >= 15 is 0 Å². The van der Waals surface area contributed by atoms with E-state index < -0.39 is 0 Å². The molecule has 0 N–H and O–H groups in total. The molecule has 4 heterocycles. The van der Waals surface area contributed by atoms with Crippen molar-refractivity contribution in [2.45, 2.75) is 0 Å². The minimum atomic E-state index is 0.286. The van der Waals surface area contributed by atoms with Crippen LogP contribution < -0.4 is 0 Å². The molecule has 4 aromatic heterocycles. The molecule has 0 unspecified atom stereocenters. The summed E-state index contributed by atoms with van der Waals surface area (Å²) in [6.07, 6.45) is 6.54. The molecule has 9 heteroatoms. The molecule has 98 valence electrons. The zero-order chi connectivity index (χ0) is 13.5. The summed E-state index contributed by atoms with van der Waals surface area (Å²) in [6, 6.07) is 0. The van der Waals surface area contributed by atoms with Gasteiger partial charge in [0.05, 0.1) is 6.20 Å². The lowest BCUT2D eigenvalue weighted by Gasteiger charge is -1.91. The highest BCUT2D eigenvalue weighted by Gasteiger charge is 2.19. The number of imidazole rings is 1. The molecule has 0 amide bonds. The van der Waals surface area contributed by atoms with Crippen LogP contribution in [0.4, 0.5) is 0 Å². The highest BCUT2D eigenvalue weighted by atomic mass is 35.5. The van der Waals surface area contributed by atoms with Crippen LogP contribution >= 0.6 is 22.9 Å². The average Bonchev–Trinajstić information content (AvgIpc) is 3.15. The van der Waals surface area contributed by atoms with Gasteiger partial charge in [0.25, 0.3) is 5.89 Å². The second-order valence-electron chi connectivity index (χ2n) is 3.82. The summed E-state index contributed by atoms with van der Waals surface area (Å²) >= 11 is 7.60. The number of rotatable bonds is 2. The van der Waals surface area contributed by atoms with Crippen molar-refractivity contribution in [2.75, 3.05) is 0 Å². The van der Waals surface area contributed by atoms with E-state index in [0.717, 1.165) is 4.96 Å². The van der Waals surface area contributed by atoms with Crippen LogP contribution in [0.1, 0.15) is 0 Å². The third-order valence-electron chi connectivity index (χ3n) is 2.64. The maximum atomic E-state index is 6.12. The molecule has 4 aromatic rings. The molecule has 0 fully saturated rings. The van der Waals surface area contributed by atoms with Crippen LogP contribution in [0, 0.1) is 0 Å². The van der Waals surface area contributed by atoms with E-state index in [9.17, 15) is 0 Å². The fraction of sp³-hybridized carbons (Fsp3) is 0. The Morgan fingerprint density at radius 1 is 1.25 bits per heavy atom. The van der Waals surface area contributed by atoms with Gasteiger partial charge in [-0.3, -0.25) is 9.38 Å². The van der Waals surface area contributed by atoms with Crippen LogP contribution in [-0.4, -0.2) is 29.5 Å². The van der Waals surface area contributed by atoms with Gasteiger partial charge < -0.3 is 4.52 Å². The van der Waals surface area contributed by atoms with E-state index in [4.69, 9.17) is 16.1 Å². The van der Waals surface area contributed by atoms with Gasteiger partial charge >= 0.3 is 0 Å². The maximum absolute atomic E-state index is 6.12. The molecule has 0 spiro atoms. The van der Waals surface area contributed by atoms with Gasteiger partial charge in [-0.2, -0.15) is 4.98 Å². The topological polar surface area (TPSA) is 82.0 Å². The first kappa shape index (κ1) is 11.5. The Morgan fingerprint density at radius 2 is 2.20 bits per heavy atom. The van der Waals surface area contributed by atoms with Crippen LogP contribution in [-0.2, 0) is 0 Å². The predicted molar refractivity (Wildman–Crippen MR) is 72.4 cm³/mol. The van der Waals surface area contributed by atoms with Gasteiger partial charge in [-0.25, -0.2) is 9.97 Å². The Bertz CT molecular complexity index is 883. The Kier molecular flexibility index (Phi) is 2.51. The molecule has 0 bridgehead atoms. The lowest BCUT2D eigenvalue weighted by atomic mass is 10.4. The highest BCUT2D eigenvalue weighted by molar-refractivity contribution is 7.15. The van der Waals surface area contributed by atoms with Crippen molar-refractivity contribution in [3.63, 3.8) is 0 Å². The van der Waals surface area contributed by atoms with Crippen molar-refractivity contribution < 1.29 is 4.52 Å². The number of halogens is 1. The fourth-order valence-electron chi connectivity index (χ4n) is 1.79. The minimum absolute atomic E-state index is 0.286. The smallest absolute Gasteiger partial charge is 0.278 e. The van der Waals surface area contributed by atoms with Gasteiger partial charge in [-0.15, -0.1) is 11.3 Å². The Labute approximate surface area is 120 Å². The number of hydrogen-bond acceptors (Lipinski definition) is 7. The molecular weight excluding hydrogens is 300 g/mol. The third-order valence-corrected chi connectivity index (χ3v) is 3.66. The molecule has 0 aromatic carbocycles. The van der Waals surface area contributed by atoms with Crippen LogP contribution in [0.2, 0.25) is 5.15 Å². The van der Waals surface area contributed by atoms with Gasteiger partial charge in [-0.1, -0.05) is 16.8 Å². The van der Waals surface area contributed by atoms with Crippen LogP contribution in [0.15, 0.2) is 34.7 Å². The number of hydrogen-bond donors (Lipinski definition) is 0. The lowest BCUT2D eigenvalue weighted by Crippen LogP contribution is -1.88. The van der Waals surface area contributed by atoms with E-state index in [-0.39, 0.29) is 5.89 Å². The first-order chi connectivity index (χ1) is 9.83. The summed E-state index contributed by atoms with van der Waals surface area (Å²) in [5.41, 5.74) is 1.11. The van der Waals surface area contributed by atoms with Gasteiger partial charge in [0.2, 0.25) is 5.82 Å². The Hall–Kier alpha value is -2.32. The summed E-state index contributed by atoms with van der Waals surface area (Å²) < 4.78 is 7.01. The van der Waals surface area contributed by atoms with Crippen LogP contribution in [0.5, 0.6) is 0 Å². The second kappa shape index (κ2) is 4.36. The molecule has 20 heavy (non-hydrogen) atoms. The summed E-state index contributed by atoms with van der Waals surface area (Å²) in [7, 11) is 0. The summed E-state index contributed by atoms with van der Waals surface area (Å²) in [4.78, 5) is 17.4. The quantitative estimate of drug-likeness (QED) is 0.566. The molecule has 0 aliphatic heterocycles. The zero-order valence-electron chi connectivity index (χ0n) is 9.76. The third kappa shape index (κ3) is 1.69. The molecule has 0 radical (unpaired) electrons. The molecule has 7 nitrogen and oxygen atoms in total. The van der Waals surface area contributed by atoms with Gasteiger partial charge in [0.15, 0.2) is 10.1 Å². The van der Waals surface area contributed by atoms with Crippen LogP contribution in [0.25, 0.3) is 28.1 Å². The van der Waals surface area contributed by atoms with E-state index in [1.807, 2.05) is 16.0 Å². The number of nitrogens with zero attached hydrogens (tertiary/aromatic N) is 6. The van der Waals surface area contributed by atoms with Crippen molar-refractivity contribution >= 4 is 27.9 Å². The first-order valence-corrected chi connectivity index (χ1v) is 6.80. The first-order valence-electron chi connectivity index (χ1n) is 5.54. The standard InChI is InChI=1S/C11H5ClN6OS/c12-8-7(18-3-4-20-11(18)15-8)9-16-10(19-17-9)6-5-13-1-2-14-6/h1-5H. The van der Waals surface area contributed by atoms with E-state index in [1.54, 1.807) is 18.6 Å². The fourth-order valence-corrected chi connectivity index (χ4v) is 2.81. The van der Waals surface area contributed by atoms with Gasteiger partial charge in [0.1, 0.15) is 11.4 Å². The van der Waals surface area contributed by atoms with Gasteiger partial charge in [0, 0.05) is 24.0 Å². The van der Waals surface area contributed by atoms with Crippen LogP contribution in [0.3, 0.4) is 0 Å². The molecule has 0 saturated heterocycles. The zero-order valence-corrected chi connectivity index (χ0v) is 11.3. The summed E-state index contributed by atoms with van der Waals surface area (Å²) in [5, 5.41) is 6.18. The van der Waals surface area contributed by atoms with Crippen molar-refractivity contribution in [3.05, 3.63) is 35.3 Å². The number of thiazole rings is 1. The van der Waals surface area contributed by atoms with E-state index in [2.05, 4.69) is 25.1 Å². The van der Waals surface area contributed by atoms with Gasteiger partial charge in [-0.05, 0) is 0 Å². The van der Waals surface area contributed by atoms with Crippen molar-refractivity contribution in [3.8, 4) is 23.1 Å². The normalized spacial score (nSPS) is 11.2. The number of fused-ring (bicyclic) bond motifs is 1. The summed E-state index contributed by atoms with van der Waals surface area (Å²) in [6.45, 7) is 0. The Morgan fingerprint density at radius 3 is 3.05 bits per heavy atom. The molecule has 0 aliphatic carbocycles. The van der Waals surface area contributed by atoms with E-state index in [0.29, 0.717) is 22.4 Å². The largest absolute Gasteiger partial charge is 0.332 e. The predicted octanol–water partition coefficient (Wildman–Crippen LogP) is 2.56. The molecule has 0 aliphatic rings. The Balaban J connectivity index is 1.86. The molecule has 4 rings (SSSR count). The monoisotopic (exact) mass is 304 g/mol. The molecular formula is C11H5ClN6OS. The van der Waals surface area contributed by atoms with Crippen molar-refractivity contribution in [1.29, 1.82) is 0 Å². The van der Waals surface area contributed by atoms with E-state index in [1.165, 1.54) is 11.3 Å². The average molecular weight is 305 g/mol. The maximum Gasteiger partial charge on any atom is 0.278 e. The highest BCUT2D eigenvalue weighted by Crippen LogP contribution is 2.29. The summed E-state index contributed by atoms with van der Waals surface area (Å²) in [5.74, 6) is 0.649. The molecule has 0 saturated carbocycles. The van der Waals surface area contributed by atoms with Crippen molar-refractivity contribution in [1.82, 2.24) is 29.5 Å². The number of aromatic nitrogens is 6. The SMILES string of the molecule is Clc1nc2sccn2c1-c1noc(-c2cnccn2)n1. The molecule has 0 atom stereocenters. The van der Waals surface area contributed by atoms with Crippen molar-refractivity contribution in [2.24, 2.45) is 0 Å².